The van der Waals surface area contributed by atoms with Crippen LogP contribution in [0.1, 0.15) is 12.8 Å². The van der Waals surface area contributed by atoms with Crippen molar-refractivity contribution in [3.63, 3.8) is 0 Å². The molecule has 2 nitrogen and oxygen atoms in total. The maximum absolute atomic E-state index is 11.6. The molecule has 0 amide bonds. The molecule has 10 heavy (non-hydrogen) atoms. The topological polar surface area (TPSA) is 21.3 Å². The van der Waals surface area contributed by atoms with Crippen LogP contribution in [0.25, 0.3) is 0 Å². The molecule has 0 bridgehead atoms. The molecule has 0 aromatic rings. The molecule has 1 saturated heterocycles. The predicted molar refractivity (Wildman–Crippen MR) is 33.0 cm³/mol. The maximum atomic E-state index is 11.6. The Morgan fingerprint density at radius 3 is 2.80 bits per heavy atom. The molecule has 0 unspecified atom stereocenters. The summed E-state index contributed by atoms with van der Waals surface area (Å²) >= 11 is 0. The molecule has 0 aliphatic carbocycles. The highest BCUT2D eigenvalue weighted by molar-refractivity contribution is 4.68. The molecule has 1 N–H and O–H groups in total. The van der Waals surface area contributed by atoms with Gasteiger partial charge in [0.2, 0.25) is 0 Å². The first kappa shape index (κ1) is 7.88. The quantitative estimate of drug-likeness (QED) is 0.635. The normalized spacial score (nSPS) is 27.3. The first-order chi connectivity index (χ1) is 4.79. The third kappa shape index (κ3) is 2.58. The Morgan fingerprint density at radius 1 is 1.50 bits per heavy atom. The van der Waals surface area contributed by atoms with E-state index >= 15 is 0 Å². The van der Waals surface area contributed by atoms with Gasteiger partial charge >= 0.3 is 6.61 Å². The van der Waals surface area contributed by atoms with Crippen LogP contribution in [0.4, 0.5) is 8.78 Å². The van der Waals surface area contributed by atoms with E-state index in [4.69, 9.17) is 0 Å². The van der Waals surface area contributed by atoms with Gasteiger partial charge in [0, 0.05) is 6.54 Å². The summed E-state index contributed by atoms with van der Waals surface area (Å²) in [6.07, 6.45) is 1.39. The average Bonchev–Trinajstić information content (AvgIpc) is 1.88. The Balaban J connectivity index is 2.13. The van der Waals surface area contributed by atoms with Crippen molar-refractivity contribution >= 4 is 0 Å². The van der Waals surface area contributed by atoms with Gasteiger partial charge < -0.3 is 10.1 Å². The van der Waals surface area contributed by atoms with Gasteiger partial charge in [0.25, 0.3) is 0 Å². The van der Waals surface area contributed by atoms with Crippen molar-refractivity contribution in [2.75, 3.05) is 13.1 Å². The van der Waals surface area contributed by atoms with E-state index in [1.807, 2.05) is 0 Å². The highest BCUT2D eigenvalue weighted by Gasteiger charge is 2.16. The molecular formula is C6H11F2NO. The Labute approximate surface area is 58.6 Å². The van der Waals surface area contributed by atoms with Crippen LogP contribution in [0.2, 0.25) is 0 Å². The number of nitrogens with one attached hydrogen (secondary N) is 1. The number of ether oxygens (including phenoxy) is 1. The number of alkyl halides is 2. The van der Waals surface area contributed by atoms with Crippen LogP contribution in [-0.2, 0) is 4.74 Å². The fraction of sp³-hybridized carbons (Fsp3) is 1.00. The van der Waals surface area contributed by atoms with Crippen LogP contribution < -0.4 is 5.32 Å². The lowest BCUT2D eigenvalue weighted by Crippen LogP contribution is -2.36. The number of halogens is 2. The molecule has 1 aliphatic rings. The minimum Gasteiger partial charge on any atom is -0.318 e. The fourth-order valence-electron chi connectivity index (χ4n) is 1.08. The van der Waals surface area contributed by atoms with Crippen molar-refractivity contribution < 1.29 is 13.5 Å². The summed E-state index contributed by atoms with van der Waals surface area (Å²) in [5, 5.41) is 2.98. The molecule has 1 rings (SSSR count). The summed E-state index contributed by atoms with van der Waals surface area (Å²) in [5.41, 5.74) is 0. The van der Waals surface area contributed by atoms with Crippen LogP contribution in [0, 0.1) is 0 Å². The van der Waals surface area contributed by atoms with Crippen molar-refractivity contribution in [2.24, 2.45) is 0 Å². The van der Waals surface area contributed by atoms with Gasteiger partial charge in [-0.3, -0.25) is 0 Å². The van der Waals surface area contributed by atoms with Crippen molar-refractivity contribution in [3.8, 4) is 0 Å². The molecule has 0 spiro atoms. The van der Waals surface area contributed by atoms with E-state index in [9.17, 15) is 8.78 Å². The van der Waals surface area contributed by atoms with Gasteiger partial charge in [0.15, 0.2) is 0 Å². The number of hydrogen-bond donors (Lipinski definition) is 1. The Hall–Kier alpha value is -0.220. The first-order valence-electron chi connectivity index (χ1n) is 3.43. The number of piperidine rings is 1. The molecule has 0 radical (unpaired) electrons. The van der Waals surface area contributed by atoms with Gasteiger partial charge in [-0.2, -0.15) is 8.78 Å². The summed E-state index contributed by atoms with van der Waals surface area (Å²) in [6.45, 7) is -1.14. The second-order valence-corrected chi connectivity index (χ2v) is 2.37. The second-order valence-electron chi connectivity index (χ2n) is 2.37. The van der Waals surface area contributed by atoms with E-state index in [0.717, 1.165) is 19.4 Å². The molecule has 4 heteroatoms. The summed E-state index contributed by atoms with van der Waals surface area (Å²) < 4.78 is 27.4. The van der Waals surface area contributed by atoms with Gasteiger partial charge in [-0.05, 0) is 19.4 Å². The summed E-state index contributed by atoms with van der Waals surface area (Å²) in [5.74, 6) is 0. The van der Waals surface area contributed by atoms with E-state index in [1.165, 1.54) is 0 Å². The molecule has 1 atom stereocenters. The van der Waals surface area contributed by atoms with E-state index in [1.54, 1.807) is 0 Å². The third-order valence-corrected chi connectivity index (χ3v) is 1.55. The largest absolute Gasteiger partial charge is 0.345 e. The predicted octanol–water partition coefficient (Wildman–Crippen LogP) is 0.978. The molecular weight excluding hydrogens is 140 g/mol. The lowest BCUT2D eigenvalue weighted by atomic mass is 10.1. The molecule has 0 saturated carbocycles. The van der Waals surface area contributed by atoms with Gasteiger partial charge in [-0.25, -0.2) is 0 Å². The molecule has 1 heterocycles. The van der Waals surface area contributed by atoms with E-state index in [0.29, 0.717) is 6.54 Å². The van der Waals surface area contributed by atoms with Crippen LogP contribution in [0.5, 0.6) is 0 Å². The van der Waals surface area contributed by atoms with Gasteiger partial charge in [0.05, 0.1) is 6.10 Å². The lowest BCUT2D eigenvalue weighted by molar-refractivity contribution is -0.165. The fourth-order valence-corrected chi connectivity index (χ4v) is 1.08. The molecule has 1 aliphatic heterocycles. The van der Waals surface area contributed by atoms with Gasteiger partial charge in [-0.15, -0.1) is 0 Å². The Morgan fingerprint density at radius 2 is 2.30 bits per heavy atom. The van der Waals surface area contributed by atoms with Gasteiger partial charge in [0.1, 0.15) is 0 Å². The number of rotatable bonds is 2. The smallest absolute Gasteiger partial charge is 0.318 e. The molecule has 60 valence electrons. The number of hydrogen-bond acceptors (Lipinski definition) is 2. The highest BCUT2D eigenvalue weighted by Crippen LogP contribution is 2.09. The van der Waals surface area contributed by atoms with Crippen molar-refractivity contribution in [2.45, 2.75) is 25.6 Å². The maximum Gasteiger partial charge on any atom is 0.345 e. The molecule has 0 aromatic carbocycles. The van der Waals surface area contributed by atoms with Crippen LogP contribution >= 0.6 is 0 Å². The third-order valence-electron chi connectivity index (χ3n) is 1.55. The van der Waals surface area contributed by atoms with Crippen LogP contribution in [0.15, 0.2) is 0 Å². The van der Waals surface area contributed by atoms with E-state index in [-0.39, 0.29) is 6.10 Å². The summed E-state index contributed by atoms with van der Waals surface area (Å²) in [7, 11) is 0. The first-order valence-corrected chi connectivity index (χ1v) is 3.43. The standard InChI is InChI=1S/C6H11F2NO/c7-6(8)10-5-2-1-3-9-4-5/h5-6,9H,1-4H2/t5-/m1/s1. The van der Waals surface area contributed by atoms with E-state index < -0.39 is 6.61 Å². The zero-order valence-electron chi connectivity index (χ0n) is 5.65. The highest BCUT2D eigenvalue weighted by atomic mass is 19.3. The minimum atomic E-state index is -2.62. The Bertz CT molecular complexity index is 93.7. The van der Waals surface area contributed by atoms with Crippen LogP contribution in [-0.4, -0.2) is 25.8 Å². The minimum absolute atomic E-state index is 0.284. The van der Waals surface area contributed by atoms with Crippen molar-refractivity contribution in [3.05, 3.63) is 0 Å². The van der Waals surface area contributed by atoms with Crippen molar-refractivity contribution in [1.82, 2.24) is 5.32 Å². The monoisotopic (exact) mass is 151 g/mol. The zero-order chi connectivity index (χ0) is 7.40. The van der Waals surface area contributed by atoms with Gasteiger partial charge in [-0.1, -0.05) is 0 Å². The van der Waals surface area contributed by atoms with Crippen molar-refractivity contribution in [1.29, 1.82) is 0 Å². The Kier molecular flexibility index (Phi) is 3.02. The average molecular weight is 151 g/mol. The zero-order valence-corrected chi connectivity index (χ0v) is 5.65. The summed E-state index contributed by atoms with van der Waals surface area (Å²) in [6, 6.07) is 0. The summed E-state index contributed by atoms with van der Waals surface area (Å²) in [4.78, 5) is 0. The molecule has 0 aromatic heterocycles. The lowest BCUT2D eigenvalue weighted by Gasteiger charge is -2.22. The SMILES string of the molecule is FC(F)O[C@@H]1CCCNC1. The van der Waals surface area contributed by atoms with Crippen LogP contribution in [0.3, 0.4) is 0 Å². The second kappa shape index (κ2) is 3.83. The molecule has 1 fully saturated rings. The van der Waals surface area contributed by atoms with E-state index in [2.05, 4.69) is 10.1 Å².